The normalized spacial score (nSPS) is 14.1. The molecule has 98 valence electrons. The summed E-state index contributed by atoms with van der Waals surface area (Å²) >= 11 is 0.00806. The standard InChI is InChI=1S/C12H18N4OSe/c1-17-8-9(4-3-7-13)14-10-5-2-6-11-12(10)16-18-15-11/h2,5-6,9,14H,3-4,7-8,13H2,1H3. The molecule has 18 heavy (non-hydrogen) atoms. The molecule has 1 aliphatic rings. The Morgan fingerprint density at radius 1 is 1.44 bits per heavy atom. The molecule has 5 nitrogen and oxygen atoms in total. The summed E-state index contributed by atoms with van der Waals surface area (Å²) in [4.78, 5) is 0. The van der Waals surface area contributed by atoms with Gasteiger partial charge in [0.05, 0.1) is 0 Å². The van der Waals surface area contributed by atoms with Crippen molar-refractivity contribution in [1.82, 2.24) is 0 Å². The van der Waals surface area contributed by atoms with E-state index >= 15 is 0 Å². The number of rotatable bonds is 7. The van der Waals surface area contributed by atoms with Gasteiger partial charge in [-0.3, -0.25) is 0 Å². The van der Waals surface area contributed by atoms with Crippen molar-refractivity contribution in [3.05, 3.63) is 18.2 Å². The molecule has 0 fully saturated rings. The SMILES string of the molecule is COCC(CCCN)Nc1cccc2c1N=[Se]=N2. The van der Waals surface area contributed by atoms with Crippen LogP contribution in [0.3, 0.4) is 0 Å². The molecule has 1 heterocycles. The van der Waals surface area contributed by atoms with Gasteiger partial charge in [-0.2, -0.15) is 0 Å². The number of hydrogen-bond acceptors (Lipinski definition) is 5. The number of ether oxygens (including phenoxy) is 1. The molecule has 0 spiro atoms. The van der Waals surface area contributed by atoms with Gasteiger partial charge < -0.3 is 0 Å². The van der Waals surface area contributed by atoms with Crippen LogP contribution in [0, 0.1) is 0 Å². The van der Waals surface area contributed by atoms with Crippen molar-refractivity contribution in [2.45, 2.75) is 18.9 Å². The molecule has 0 radical (unpaired) electrons. The molecule has 0 amide bonds. The summed E-state index contributed by atoms with van der Waals surface area (Å²) in [7, 11) is 1.72. The fourth-order valence-corrected chi connectivity index (χ4v) is 3.06. The molecule has 1 aromatic carbocycles. The van der Waals surface area contributed by atoms with Gasteiger partial charge in [0.15, 0.2) is 0 Å². The summed E-state index contributed by atoms with van der Waals surface area (Å²) in [5.41, 5.74) is 8.59. The Kier molecular flexibility index (Phi) is 5.13. The van der Waals surface area contributed by atoms with Crippen LogP contribution < -0.4 is 11.1 Å². The molecule has 6 heteroatoms. The Balaban J connectivity index is 2.07. The van der Waals surface area contributed by atoms with Gasteiger partial charge >= 0.3 is 113 Å². The average molecular weight is 313 g/mol. The molecule has 0 aromatic heterocycles. The van der Waals surface area contributed by atoms with E-state index in [1.807, 2.05) is 18.2 Å². The number of methoxy groups -OCH3 is 1. The summed E-state index contributed by atoms with van der Waals surface area (Å²) in [6.45, 7) is 1.38. The zero-order chi connectivity index (χ0) is 12.8. The predicted molar refractivity (Wildman–Crippen MR) is 73.9 cm³/mol. The molecule has 0 saturated carbocycles. The first-order chi connectivity index (χ1) is 8.85. The van der Waals surface area contributed by atoms with Crippen LogP contribution in [0.2, 0.25) is 0 Å². The van der Waals surface area contributed by atoms with Crippen LogP contribution in [0.1, 0.15) is 12.8 Å². The van der Waals surface area contributed by atoms with E-state index in [2.05, 4.69) is 13.2 Å². The minimum atomic E-state index is 0.00806. The van der Waals surface area contributed by atoms with E-state index in [-0.39, 0.29) is 20.6 Å². The summed E-state index contributed by atoms with van der Waals surface area (Å²) < 4.78 is 14.1. The van der Waals surface area contributed by atoms with Gasteiger partial charge in [-0.1, -0.05) is 0 Å². The number of nitrogens with two attached hydrogens (primary N) is 1. The second-order valence-electron chi connectivity index (χ2n) is 4.17. The van der Waals surface area contributed by atoms with Gasteiger partial charge in [-0.15, -0.1) is 0 Å². The van der Waals surface area contributed by atoms with E-state index in [9.17, 15) is 0 Å². The quantitative estimate of drug-likeness (QED) is 0.770. The number of nitrogens with zero attached hydrogens (tertiary/aromatic N) is 2. The molecule has 0 aliphatic carbocycles. The van der Waals surface area contributed by atoms with Gasteiger partial charge in [0.25, 0.3) is 0 Å². The van der Waals surface area contributed by atoms with Gasteiger partial charge in [-0.05, 0) is 0 Å². The molecular weight excluding hydrogens is 295 g/mol. The Labute approximate surface area is 113 Å². The zero-order valence-corrected chi connectivity index (χ0v) is 12.1. The molecule has 0 bridgehead atoms. The number of benzene rings is 1. The number of anilines is 1. The maximum atomic E-state index is 5.56. The van der Waals surface area contributed by atoms with Gasteiger partial charge in [-0.25, -0.2) is 0 Å². The molecule has 3 N–H and O–H groups in total. The van der Waals surface area contributed by atoms with Crippen molar-refractivity contribution in [2.75, 3.05) is 25.6 Å². The van der Waals surface area contributed by atoms with Crippen molar-refractivity contribution in [2.24, 2.45) is 13.7 Å². The zero-order valence-electron chi connectivity index (χ0n) is 10.4. The summed E-state index contributed by atoms with van der Waals surface area (Å²) in [5, 5.41) is 3.49. The van der Waals surface area contributed by atoms with E-state index < -0.39 is 0 Å². The average Bonchev–Trinajstić information content (AvgIpc) is 2.85. The molecule has 1 atom stereocenters. The predicted octanol–water partition coefficient (Wildman–Crippen LogP) is 2.20. The summed E-state index contributed by atoms with van der Waals surface area (Å²) in [5.74, 6) is 0. The Hall–Kier alpha value is -0.941. The third-order valence-corrected chi connectivity index (χ3v) is 3.91. The first-order valence-electron chi connectivity index (χ1n) is 6.02. The van der Waals surface area contributed by atoms with Crippen molar-refractivity contribution < 1.29 is 4.74 Å². The second kappa shape index (κ2) is 6.85. The minimum absolute atomic E-state index is 0.00806. The monoisotopic (exact) mass is 314 g/mol. The number of nitrogens with one attached hydrogen (secondary N) is 1. The fourth-order valence-electron chi connectivity index (χ4n) is 1.91. The van der Waals surface area contributed by atoms with E-state index in [1.165, 1.54) is 0 Å². The van der Waals surface area contributed by atoms with Crippen LogP contribution in [0.5, 0.6) is 0 Å². The molecule has 2 rings (SSSR count). The third kappa shape index (κ3) is 3.29. The second-order valence-corrected chi connectivity index (χ2v) is 5.27. The van der Waals surface area contributed by atoms with Gasteiger partial charge in [0, 0.05) is 0 Å². The third-order valence-electron chi connectivity index (χ3n) is 2.77. The van der Waals surface area contributed by atoms with Gasteiger partial charge in [0.2, 0.25) is 0 Å². The topological polar surface area (TPSA) is 72.0 Å². The summed E-state index contributed by atoms with van der Waals surface area (Å²) in [6, 6.07) is 6.33. The molecule has 1 aromatic rings. The number of hydrogen-bond donors (Lipinski definition) is 2. The van der Waals surface area contributed by atoms with Gasteiger partial charge in [0.1, 0.15) is 0 Å². The Morgan fingerprint density at radius 3 is 3.11 bits per heavy atom. The fraction of sp³-hybridized carbons (Fsp3) is 0.500. The van der Waals surface area contributed by atoms with Crippen LogP contribution in [0.15, 0.2) is 26.1 Å². The Morgan fingerprint density at radius 2 is 2.33 bits per heavy atom. The van der Waals surface area contributed by atoms with Crippen LogP contribution in [0.25, 0.3) is 0 Å². The first kappa shape index (κ1) is 13.5. The van der Waals surface area contributed by atoms with E-state index in [1.54, 1.807) is 7.11 Å². The number of fused-ring (bicyclic) bond motifs is 1. The molecule has 0 saturated heterocycles. The molecular formula is C12H18N4OSe. The van der Waals surface area contributed by atoms with Crippen molar-refractivity contribution in [3.8, 4) is 0 Å². The van der Waals surface area contributed by atoms with E-state index in [0.717, 1.165) is 29.9 Å². The maximum absolute atomic E-state index is 5.56. The summed E-state index contributed by atoms with van der Waals surface area (Å²) in [6.07, 6.45) is 1.98. The van der Waals surface area contributed by atoms with Crippen LogP contribution in [-0.4, -0.2) is 40.9 Å². The molecule has 1 unspecified atom stereocenters. The van der Waals surface area contributed by atoms with Crippen LogP contribution >= 0.6 is 0 Å². The van der Waals surface area contributed by atoms with Crippen LogP contribution in [-0.2, 0) is 4.74 Å². The van der Waals surface area contributed by atoms with Crippen molar-refractivity contribution in [1.29, 1.82) is 0 Å². The molecule has 1 aliphatic heterocycles. The first-order valence-corrected chi connectivity index (χ1v) is 7.55. The Bertz CT molecular complexity index is 471. The van der Waals surface area contributed by atoms with Crippen molar-refractivity contribution in [3.63, 3.8) is 0 Å². The van der Waals surface area contributed by atoms with E-state index in [4.69, 9.17) is 10.5 Å². The van der Waals surface area contributed by atoms with Crippen LogP contribution in [0.4, 0.5) is 17.1 Å². The van der Waals surface area contributed by atoms with E-state index in [0.29, 0.717) is 13.2 Å². The van der Waals surface area contributed by atoms with Crippen molar-refractivity contribution >= 4 is 31.6 Å².